The van der Waals surface area contributed by atoms with Crippen LogP contribution in [0.3, 0.4) is 0 Å². The van der Waals surface area contributed by atoms with Crippen molar-refractivity contribution in [3.63, 3.8) is 0 Å². The van der Waals surface area contributed by atoms with Gasteiger partial charge in [0.25, 0.3) is 0 Å². The predicted molar refractivity (Wildman–Crippen MR) is 60.1 cm³/mol. The van der Waals surface area contributed by atoms with Crippen molar-refractivity contribution in [3.8, 4) is 0 Å². The Labute approximate surface area is 83.7 Å². The van der Waals surface area contributed by atoms with Gasteiger partial charge in [0, 0.05) is 12.6 Å². The Bertz CT molecular complexity index is 128. The van der Waals surface area contributed by atoms with Crippen LogP contribution in [-0.2, 0) is 0 Å². The third kappa shape index (κ3) is 4.10. The molecule has 0 radical (unpaired) electrons. The fourth-order valence-corrected chi connectivity index (χ4v) is 1.55. The van der Waals surface area contributed by atoms with E-state index in [0.717, 1.165) is 13.1 Å². The molecular formula is C11H26N2. The molecule has 2 heteroatoms. The molecule has 2 nitrogen and oxygen atoms in total. The Balaban J connectivity index is 4.13. The summed E-state index contributed by atoms with van der Waals surface area (Å²) in [5, 5.41) is 3.33. The number of nitrogens with one attached hydrogen (secondary N) is 1. The molecule has 0 aromatic rings. The Kier molecular flexibility index (Phi) is 5.57. The molecule has 0 spiro atoms. The molecule has 80 valence electrons. The van der Waals surface area contributed by atoms with Gasteiger partial charge in [0.15, 0.2) is 0 Å². The normalized spacial score (nSPS) is 15.0. The summed E-state index contributed by atoms with van der Waals surface area (Å²) in [6, 6.07) is 0.563. The van der Waals surface area contributed by atoms with Gasteiger partial charge in [-0.2, -0.15) is 0 Å². The van der Waals surface area contributed by atoms with Crippen LogP contribution in [-0.4, -0.2) is 37.6 Å². The van der Waals surface area contributed by atoms with Gasteiger partial charge in [0.05, 0.1) is 0 Å². The molecule has 0 saturated carbocycles. The fourth-order valence-electron chi connectivity index (χ4n) is 1.55. The molecule has 0 aliphatic heterocycles. The quantitative estimate of drug-likeness (QED) is 0.682. The van der Waals surface area contributed by atoms with Crippen LogP contribution in [0.15, 0.2) is 0 Å². The highest BCUT2D eigenvalue weighted by atomic mass is 15.1. The lowest BCUT2D eigenvalue weighted by molar-refractivity contribution is 0.156. The van der Waals surface area contributed by atoms with E-state index in [0.29, 0.717) is 11.5 Å². The smallest absolute Gasteiger partial charge is 0.00991 e. The van der Waals surface area contributed by atoms with Gasteiger partial charge < -0.3 is 10.2 Å². The summed E-state index contributed by atoms with van der Waals surface area (Å²) >= 11 is 0. The van der Waals surface area contributed by atoms with E-state index in [9.17, 15) is 0 Å². The number of hydrogen-bond donors (Lipinski definition) is 1. The van der Waals surface area contributed by atoms with E-state index in [1.165, 1.54) is 6.54 Å². The van der Waals surface area contributed by atoms with Gasteiger partial charge in [-0.1, -0.05) is 27.7 Å². The van der Waals surface area contributed by atoms with Crippen molar-refractivity contribution in [2.75, 3.05) is 26.7 Å². The largest absolute Gasteiger partial charge is 0.317 e. The molecule has 0 bridgehead atoms. The van der Waals surface area contributed by atoms with Crippen molar-refractivity contribution in [2.24, 2.45) is 5.41 Å². The van der Waals surface area contributed by atoms with E-state index in [2.05, 4.69) is 44.8 Å². The lowest BCUT2D eigenvalue weighted by Crippen LogP contribution is -2.45. The van der Waals surface area contributed by atoms with Gasteiger partial charge in [0.2, 0.25) is 0 Å². The van der Waals surface area contributed by atoms with Crippen molar-refractivity contribution in [1.82, 2.24) is 10.2 Å². The molecule has 0 aromatic heterocycles. The van der Waals surface area contributed by atoms with Gasteiger partial charge in [0.1, 0.15) is 0 Å². The molecule has 0 amide bonds. The zero-order valence-corrected chi connectivity index (χ0v) is 10.1. The van der Waals surface area contributed by atoms with Crippen LogP contribution in [0.1, 0.15) is 34.6 Å². The molecule has 0 aliphatic carbocycles. The Hall–Kier alpha value is -0.0800. The first-order valence-electron chi connectivity index (χ1n) is 5.37. The molecular weight excluding hydrogens is 160 g/mol. The Morgan fingerprint density at radius 3 is 2.00 bits per heavy atom. The molecule has 0 aliphatic rings. The van der Waals surface area contributed by atoms with Gasteiger partial charge in [-0.15, -0.1) is 0 Å². The highest BCUT2D eigenvalue weighted by molar-refractivity contribution is 4.82. The van der Waals surface area contributed by atoms with Crippen LogP contribution >= 0.6 is 0 Å². The van der Waals surface area contributed by atoms with Crippen molar-refractivity contribution >= 4 is 0 Å². The second-order valence-electron chi connectivity index (χ2n) is 4.46. The summed E-state index contributed by atoms with van der Waals surface area (Å²) in [5.74, 6) is 0. The summed E-state index contributed by atoms with van der Waals surface area (Å²) in [6.07, 6.45) is 0. The predicted octanol–water partition coefficient (Wildman–Crippen LogP) is 1.96. The molecule has 0 saturated heterocycles. The third-order valence-corrected chi connectivity index (χ3v) is 3.13. The summed E-state index contributed by atoms with van der Waals surface area (Å²) < 4.78 is 0. The van der Waals surface area contributed by atoms with Crippen LogP contribution in [0.2, 0.25) is 0 Å². The topological polar surface area (TPSA) is 15.3 Å². The highest BCUT2D eigenvalue weighted by Crippen LogP contribution is 2.21. The monoisotopic (exact) mass is 186 g/mol. The van der Waals surface area contributed by atoms with E-state index >= 15 is 0 Å². The van der Waals surface area contributed by atoms with Crippen LogP contribution in [0.4, 0.5) is 0 Å². The standard InChI is InChI=1S/C11H26N2/c1-7-13(8-2)9-11(4,5)10(3)12-6/h10,12H,7-9H2,1-6H3. The molecule has 0 rings (SSSR count). The van der Waals surface area contributed by atoms with Crippen molar-refractivity contribution in [1.29, 1.82) is 0 Å². The minimum atomic E-state index is 0.348. The minimum absolute atomic E-state index is 0.348. The third-order valence-electron chi connectivity index (χ3n) is 3.13. The lowest BCUT2D eigenvalue weighted by Gasteiger charge is -2.36. The first kappa shape index (κ1) is 12.9. The Morgan fingerprint density at radius 1 is 1.23 bits per heavy atom. The number of nitrogens with zero attached hydrogens (tertiary/aromatic N) is 1. The maximum atomic E-state index is 3.33. The maximum Gasteiger partial charge on any atom is 0.00991 e. The average Bonchev–Trinajstić information content (AvgIpc) is 2.12. The molecule has 0 fully saturated rings. The average molecular weight is 186 g/mol. The molecule has 0 aromatic carbocycles. The summed E-state index contributed by atoms with van der Waals surface area (Å²) in [4.78, 5) is 2.48. The van der Waals surface area contributed by atoms with Crippen molar-refractivity contribution in [2.45, 2.75) is 40.7 Å². The molecule has 1 atom stereocenters. The van der Waals surface area contributed by atoms with Crippen LogP contribution < -0.4 is 5.32 Å². The SMILES string of the molecule is CCN(CC)CC(C)(C)C(C)NC. The fraction of sp³-hybridized carbons (Fsp3) is 1.00. The van der Waals surface area contributed by atoms with Gasteiger partial charge in [-0.3, -0.25) is 0 Å². The van der Waals surface area contributed by atoms with E-state index in [1.54, 1.807) is 0 Å². The van der Waals surface area contributed by atoms with Crippen molar-refractivity contribution < 1.29 is 0 Å². The van der Waals surface area contributed by atoms with Crippen LogP contribution in [0.25, 0.3) is 0 Å². The van der Waals surface area contributed by atoms with Gasteiger partial charge in [-0.25, -0.2) is 0 Å². The summed E-state index contributed by atoms with van der Waals surface area (Å²) in [6.45, 7) is 14.8. The molecule has 13 heavy (non-hydrogen) atoms. The van der Waals surface area contributed by atoms with Crippen LogP contribution in [0, 0.1) is 5.41 Å². The van der Waals surface area contributed by atoms with E-state index in [-0.39, 0.29) is 0 Å². The van der Waals surface area contributed by atoms with Crippen LogP contribution in [0.5, 0.6) is 0 Å². The van der Waals surface area contributed by atoms with E-state index < -0.39 is 0 Å². The van der Waals surface area contributed by atoms with Crippen molar-refractivity contribution in [3.05, 3.63) is 0 Å². The van der Waals surface area contributed by atoms with Gasteiger partial charge >= 0.3 is 0 Å². The highest BCUT2D eigenvalue weighted by Gasteiger charge is 2.26. The zero-order chi connectivity index (χ0) is 10.5. The molecule has 0 heterocycles. The van der Waals surface area contributed by atoms with E-state index in [1.807, 2.05) is 7.05 Å². The molecule has 1 unspecified atom stereocenters. The first-order valence-corrected chi connectivity index (χ1v) is 5.37. The number of rotatable bonds is 6. The first-order chi connectivity index (χ1) is 5.97. The summed E-state index contributed by atoms with van der Waals surface area (Å²) in [5.41, 5.74) is 0.348. The minimum Gasteiger partial charge on any atom is -0.317 e. The maximum absolute atomic E-state index is 3.33. The zero-order valence-electron chi connectivity index (χ0n) is 10.1. The second-order valence-corrected chi connectivity index (χ2v) is 4.46. The molecule has 1 N–H and O–H groups in total. The van der Waals surface area contributed by atoms with E-state index in [4.69, 9.17) is 0 Å². The summed E-state index contributed by atoms with van der Waals surface area (Å²) in [7, 11) is 2.04. The lowest BCUT2D eigenvalue weighted by atomic mass is 9.85. The number of hydrogen-bond acceptors (Lipinski definition) is 2. The second kappa shape index (κ2) is 5.61. The van der Waals surface area contributed by atoms with Gasteiger partial charge in [-0.05, 0) is 32.5 Å². The Morgan fingerprint density at radius 2 is 1.69 bits per heavy atom.